The van der Waals surface area contributed by atoms with E-state index in [4.69, 9.17) is 9.47 Å². The van der Waals surface area contributed by atoms with Crippen LogP contribution in [0, 0.1) is 0 Å². The van der Waals surface area contributed by atoms with Gasteiger partial charge in [0.25, 0.3) is 5.91 Å². The number of ether oxygens (including phenoxy) is 2. The van der Waals surface area contributed by atoms with E-state index in [0.29, 0.717) is 42.2 Å². The first-order chi connectivity index (χ1) is 15.0. The second-order valence-electron chi connectivity index (χ2n) is 7.01. The number of aromatic nitrogens is 2. The summed E-state index contributed by atoms with van der Waals surface area (Å²) in [5.41, 5.74) is 0.527. The van der Waals surface area contributed by atoms with E-state index in [-0.39, 0.29) is 30.5 Å². The van der Waals surface area contributed by atoms with Crippen LogP contribution in [0.4, 0.5) is 0 Å². The van der Waals surface area contributed by atoms with Gasteiger partial charge in [0.05, 0.1) is 6.61 Å². The second kappa shape index (κ2) is 8.94. The van der Waals surface area contributed by atoms with Gasteiger partial charge >= 0.3 is 0 Å². The lowest BCUT2D eigenvalue weighted by molar-refractivity contribution is -0.134. The van der Waals surface area contributed by atoms with Gasteiger partial charge in [-0.3, -0.25) is 4.79 Å². The molecule has 2 aromatic heterocycles. The smallest absolute Gasteiger partial charge is 0.260 e. The van der Waals surface area contributed by atoms with Crippen LogP contribution in [0.15, 0.2) is 53.7 Å². The molecule has 1 aliphatic rings. The Balaban J connectivity index is 1.37. The van der Waals surface area contributed by atoms with Crippen LogP contribution in [-0.2, 0) is 14.8 Å². The maximum absolute atomic E-state index is 13.1. The van der Waals surface area contributed by atoms with E-state index in [2.05, 4.69) is 9.97 Å². The van der Waals surface area contributed by atoms with Gasteiger partial charge in [-0.1, -0.05) is 12.1 Å². The number of para-hydroxylation sites is 2. The standard InChI is InChI=1S/C21H24N4O5S/c1-2-29-17-7-3-4-8-18(17)30-15-20(26)24-10-12-25(13-11-24)31(27,28)19-14-23-21-16(19)6-5-9-22-21/h3-9,14H,2,10-13,15H2,1H3,(H,22,23). The van der Waals surface area contributed by atoms with Crippen LogP contribution in [0.5, 0.6) is 11.5 Å². The summed E-state index contributed by atoms with van der Waals surface area (Å²) in [5, 5.41) is 0.558. The number of H-pyrrole nitrogens is 1. The number of sulfonamides is 1. The minimum atomic E-state index is -3.69. The molecule has 4 rings (SSSR count). The van der Waals surface area contributed by atoms with Crippen molar-refractivity contribution in [2.24, 2.45) is 0 Å². The van der Waals surface area contributed by atoms with Crippen molar-refractivity contribution in [2.75, 3.05) is 39.4 Å². The molecule has 1 N–H and O–H groups in total. The number of nitrogens with one attached hydrogen (secondary N) is 1. The largest absolute Gasteiger partial charge is 0.490 e. The summed E-state index contributed by atoms with van der Waals surface area (Å²) >= 11 is 0. The minimum Gasteiger partial charge on any atom is -0.490 e. The van der Waals surface area contributed by atoms with Crippen LogP contribution >= 0.6 is 0 Å². The van der Waals surface area contributed by atoms with E-state index < -0.39 is 10.0 Å². The highest BCUT2D eigenvalue weighted by molar-refractivity contribution is 7.89. The average Bonchev–Trinajstić information content (AvgIpc) is 3.24. The zero-order valence-corrected chi connectivity index (χ0v) is 18.0. The van der Waals surface area contributed by atoms with Crippen molar-refractivity contribution in [2.45, 2.75) is 11.8 Å². The normalized spacial score (nSPS) is 15.2. The summed E-state index contributed by atoms with van der Waals surface area (Å²) in [4.78, 5) is 21.4. The van der Waals surface area contributed by atoms with Crippen LogP contribution in [0.25, 0.3) is 11.0 Å². The summed E-state index contributed by atoms with van der Waals surface area (Å²) in [7, 11) is -3.69. The third-order valence-electron chi connectivity index (χ3n) is 5.12. The Morgan fingerprint density at radius 1 is 1.06 bits per heavy atom. The first-order valence-electron chi connectivity index (χ1n) is 10.1. The Labute approximate surface area is 180 Å². The molecular weight excluding hydrogens is 420 g/mol. The third-order valence-corrected chi connectivity index (χ3v) is 7.06. The topological polar surface area (TPSA) is 105 Å². The van der Waals surface area contributed by atoms with Crippen LogP contribution in [0.2, 0.25) is 0 Å². The first kappa shape index (κ1) is 21.1. The van der Waals surface area contributed by atoms with E-state index in [0.717, 1.165) is 0 Å². The molecule has 1 saturated heterocycles. The maximum atomic E-state index is 13.1. The Morgan fingerprint density at radius 2 is 1.77 bits per heavy atom. The van der Waals surface area contributed by atoms with Gasteiger partial charge in [0.1, 0.15) is 10.5 Å². The number of carbonyl (C=O) groups is 1. The lowest BCUT2D eigenvalue weighted by Gasteiger charge is -2.33. The summed E-state index contributed by atoms with van der Waals surface area (Å²) in [5.74, 6) is 0.897. The monoisotopic (exact) mass is 444 g/mol. The number of nitrogens with zero attached hydrogens (tertiary/aromatic N) is 3. The number of fused-ring (bicyclic) bond motifs is 1. The molecule has 1 aromatic carbocycles. The lowest BCUT2D eigenvalue weighted by atomic mass is 10.3. The highest BCUT2D eigenvalue weighted by Gasteiger charge is 2.32. The maximum Gasteiger partial charge on any atom is 0.260 e. The molecule has 10 heteroatoms. The van der Waals surface area contributed by atoms with Crippen molar-refractivity contribution < 1.29 is 22.7 Å². The number of carbonyl (C=O) groups excluding carboxylic acids is 1. The van der Waals surface area contributed by atoms with Gasteiger partial charge in [0.15, 0.2) is 18.1 Å². The van der Waals surface area contributed by atoms with Gasteiger partial charge in [-0.05, 0) is 31.2 Å². The van der Waals surface area contributed by atoms with Crippen molar-refractivity contribution in [1.82, 2.24) is 19.2 Å². The quantitative estimate of drug-likeness (QED) is 0.597. The van der Waals surface area contributed by atoms with Crippen LogP contribution in [-0.4, -0.2) is 72.9 Å². The zero-order valence-electron chi connectivity index (χ0n) is 17.2. The number of hydrogen-bond acceptors (Lipinski definition) is 6. The number of hydrogen-bond donors (Lipinski definition) is 1. The van der Waals surface area contributed by atoms with Gasteiger partial charge < -0.3 is 19.4 Å². The van der Waals surface area contributed by atoms with Crippen LogP contribution < -0.4 is 9.47 Å². The van der Waals surface area contributed by atoms with E-state index in [1.807, 2.05) is 19.1 Å². The fraction of sp³-hybridized carbons (Fsp3) is 0.333. The highest BCUT2D eigenvalue weighted by Crippen LogP contribution is 2.27. The molecule has 31 heavy (non-hydrogen) atoms. The summed E-state index contributed by atoms with van der Waals surface area (Å²) in [6.45, 7) is 3.28. The number of benzene rings is 1. The molecule has 3 aromatic rings. The molecule has 1 aliphatic heterocycles. The SMILES string of the molecule is CCOc1ccccc1OCC(=O)N1CCN(S(=O)(=O)c2c[nH]c3ncccc23)CC1. The molecule has 0 bridgehead atoms. The second-order valence-corrected chi connectivity index (χ2v) is 8.91. The van der Waals surface area contributed by atoms with Gasteiger partial charge in [-0.15, -0.1) is 0 Å². The summed E-state index contributed by atoms with van der Waals surface area (Å²) < 4.78 is 38.7. The molecule has 0 aliphatic carbocycles. The molecule has 0 atom stereocenters. The third kappa shape index (κ3) is 4.35. The Morgan fingerprint density at radius 3 is 2.48 bits per heavy atom. The summed E-state index contributed by atoms with van der Waals surface area (Å²) in [6.07, 6.45) is 3.07. The Bertz CT molecular complexity index is 1170. The van der Waals surface area contributed by atoms with Gasteiger partial charge in [-0.2, -0.15) is 4.31 Å². The molecule has 0 unspecified atom stereocenters. The van der Waals surface area contributed by atoms with E-state index in [1.54, 1.807) is 35.4 Å². The molecule has 9 nitrogen and oxygen atoms in total. The molecule has 0 radical (unpaired) electrons. The van der Waals surface area contributed by atoms with Gasteiger partial charge in [0.2, 0.25) is 10.0 Å². The molecule has 1 amide bonds. The molecule has 1 fully saturated rings. The predicted molar refractivity (Wildman–Crippen MR) is 115 cm³/mol. The number of aromatic amines is 1. The number of amides is 1. The number of pyridine rings is 1. The molecule has 3 heterocycles. The van der Waals surface area contributed by atoms with Gasteiger partial charge in [-0.25, -0.2) is 13.4 Å². The number of piperazine rings is 1. The highest BCUT2D eigenvalue weighted by atomic mass is 32.2. The van der Waals surface area contributed by atoms with Crippen molar-refractivity contribution in [3.8, 4) is 11.5 Å². The van der Waals surface area contributed by atoms with Crippen LogP contribution in [0.3, 0.4) is 0 Å². The molecule has 0 spiro atoms. The molecule has 164 valence electrons. The molecule has 0 saturated carbocycles. The van der Waals surface area contributed by atoms with Crippen molar-refractivity contribution in [1.29, 1.82) is 0 Å². The average molecular weight is 445 g/mol. The molecular formula is C21H24N4O5S. The van der Waals surface area contributed by atoms with Crippen molar-refractivity contribution in [3.05, 3.63) is 48.8 Å². The van der Waals surface area contributed by atoms with Crippen molar-refractivity contribution in [3.63, 3.8) is 0 Å². The number of rotatable bonds is 7. The van der Waals surface area contributed by atoms with Crippen molar-refractivity contribution >= 4 is 27.0 Å². The minimum absolute atomic E-state index is 0.134. The van der Waals surface area contributed by atoms with E-state index in [1.165, 1.54) is 10.5 Å². The lowest BCUT2D eigenvalue weighted by Crippen LogP contribution is -2.51. The fourth-order valence-corrected chi connectivity index (χ4v) is 5.11. The van der Waals surface area contributed by atoms with Gasteiger partial charge in [0, 0.05) is 44.0 Å². The Kier molecular flexibility index (Phi) is 6.10. The Hall–Kier alpha value is -3.11. The van der Waals surface area contributed by atoms with Crippen LogP contribution in [0.1, 0.15) is 6.92 Å². The fourth-order valence-electron chi connectivity index (χ4n) is 3.54. The summed E-state index contributed by atoms with van der Waals surface area (Å²) in [6, 6.07) is 10.6. The van der Waals surface area contributed by atoms with E-state index in [9.17, 15) is 13.2 Å². The van der Waals surface area contributed by atoms with E-state index >= 15 is 0 Å². The first-order valence-corrected chi connectivity index (χ1v) is 11.5. The zero-order chi connectivity index (χ0) is 21.8. The predicted octanol–water partition coefficient (Wildman–Crippen LogP) is 1.87.